The van der Waals surface area contributed by atoms with E-state index in [-0.39, 0.29) is 5.91 Å². The van der Waals surface area contributed by atoms with Gasteiger partial charge in [-0.25, -0.2) is 0 Å². The molecule has 132 valence electrons. The highest BCUT2D eigenvalue weighted by molar-refractivity contribution is 5.96. The fraction of sp³-hybridized carbons (Fsp3) is 0.182. The van der Waals surface area contributed by atoms with Crippen molar-refractivity contribution >= 4 is 5.91 Å². The highest BCUT2D eigenvalue weighted by Gasteiger charge is 2.20. The Bertz CT molecular complexity index is 835. The maximum absolute atomic E-state index is 13.2. The van der Waals surface area contributed by atoms with Crippen LogP contribution in [-0.4, -0.2) is 29.4 Å². The van der Waals surface area contributed by atoms with Crippen LogP contribution in [0.25, 0.3) is 0 Å². The van der Waals surface area contributed by atoms with Crippen LogP contribution in [0.3, 0.4) is 0 Å². The van der Waals surface area contributed by atoms with E-state index in [1.165, 1.54) is 5.56 Å². The number of carbonyl (C=O) groups is 1. The van der Waals surface area contributed by atoms with Gasteiger partial charge in [0, 0.05) is 12.7 Å². The van der Waals surface area contributed by atoms with Gasteiger partial charge in [-0.3, -0.25) is 9.78 Å². The van der Waals surface area contributed by atoms with Crippen LogP contribution in [0.1, 0.15) is 21.6 Å². The number of benzene rings is 2. The van der Waals surface area contributed by atoms with E-state index in [2.05, 4.69) is 17.1 Å². The molecule has 0 atom stereocenters. The van der Waals surface area contributed by atoms with Gasteiger partial charge in [0.05, 0.1) is 24.9 Å². The van der Waals surface area contributed by atoms with Gasteiger partial charge >= 0.3 is 0 Å². The van der Waals surface area contributed by atoms with Gasteiger partial charge < -0.3 is 9.64 Å². The number of amides is 1. The van der Waals surface area contributed by atoms with E-state index < -0.39 is 0 Å². The fourth-order valence-corrected chi connectivity index (χ4v) is 2.84. The van der Waals surface area contributed by atoms with Gasteiger partial charge in [0.2, 0.25) is 0 Å². The van der Waals surface area contributed by atoms with Gasteiger partial charge in [-0.1, -0.05) is 48.5 Å². The van der Waals surface area contributed by atoms with Crippen molar-refractivity contribution in [1.82, 2.24) is 9.88 Å². The molecule has 4 nitrogen and oxygen atoms in total. The van der Waals surface area contributed by atoms with Crippen LogP contribution in [0.5, 0.6) is 5.75 Å². The zero-order valence-electron chi connectivity index (χ0n) is 14.8. The molecule has 1 amide bonds. The summed E-state index contributed by atoms with van der Waals surface area (Å²) < 4.78 is 5.37. The second kappa shape index (κ2) is 8.81. The highest BCUT2D eigenvalue weighted by Crippen LogP contribution is 2.20. The van der Waals surface area contributed by atoms with Crippen molar-refractivity contribution in [3.63, 3.8) is 0 Å². The summed E-state index contributed by atoms with van der Waals surface area (Å²) in [7, 11) is 1.58. The number of rotatable bonds is 7. The van der Waals surface area contributed by atoms with Crippen molar-refractivity contribution in [3.05, 3.63) is 95.8 Å². The van der Waals surface area contributed by atoms with Crippen molar-refractivity contribution in [3.8, 4) is 5.75 Å². The number of para-hydroxylation sites is 1. The number of carbonyl (C=O) groups excluding carboxylic acids is 1. The topological polar surface area (TPSA) is 42.4 Å². The molecule has 0 aliphatic rings. The zero-order chi connectivity index (χ0) is 18.2. The van der Waals surface area contributed by atoms with Crippen molar-refractivity contribution in [1.29, 1.82) is 0 Å². The van der Waals surface area contributed by atoms with E-state index >= 15 is 0 Å². The summed E-state index contributed by atoms with van der Waals surface area (Å²) in [6.45, 7) is 1.07. The maximum Gasteiger partial charge on any atom is 0.257 e. The van der Waals surface area contributed by atoms with Crippen molar-refractivity contribution in [2.24, 2.45) is 0 Å². The van der Waals surface area contributed by atoms with Gasteiger partial charge in [-0.15, -0.1) is 0 Å². The molecule has 4 heteroatoms. The minimum absolute atomic E-state index is 0.0518. The molecule has 0 radical (unpaired) electrons. The maximum atomic E-state index is 13.2. The molecule has 0 spiro atoms. The minimum atomic E-state index is -0.0518. The first-order chi connectivity index (χ1) is 12.8. The van der Waals surface area contributed by atoms with Crippen LogP contribution >= 0.6 is 0 Å². The first kappa shape index (κ1) is 17.7. The molecule has 0 aliphatic heterocycles. The van der Waals surface area contributed by atoms with E-state index in [0.29, 0.717) is 24.4 Å². The quantitative estimate of drug-likeness (QED) is 0.650. The summed E-state index contributed by atoms with van der Waals surface area (Å²) in [4.78, 5) is 19.4. The molecule has 2 aromatic carbocycles. The summed E-state index contributed by atoms with van der Waals surface area (Å²) in [6, 6.07) is 23.2. The van der Waals surface area contributed by atoms with Gasteiger partial charge in [-0.2, -0.15) is 0 Å². The van der Waals surface area contributed by atoms with Gasteiger partial charge in [0.15, 0.2) is 0 Å². The van der Waals surface area contributed by atoms with Crippen LogP contribution < -0.4 is 4.74 Å². The zero-order valence-corrected chi connectivity index (χ0v) is 14.8. The second-order valence-corrected chi connectivity index (χ2v) is 5.98. The highest BCUT2D eigenvalue weighted by atomic mass is 16.5. The largest absolute Gasteiger partial charge is 0.496 e. The summed E-state index contributed by atoms with van der Waals surface area (Å²) in [5.41, 5.74) is 2.63. The Morgan fingerprint density at radius 3 is 2.42 bits per heavy atom. The van der Waals surface area contributed by atoms with Crippen LogP contribution in [0.2, 0.25) is 0 Å². The monoisotopic (exact) mass is 346 g/mol. The first-order valence-electron chi connectivity index (χ1n) is 8.64. The molecule has 1 heterocycles. The Balaban J connectivity index is 1.82. The van der Waals surface area contributed by atoms with Gasteiger partial charge in [-0.05, 0) is 36.2 Å². The third-order valence-electron chi connectivity index (χ3n) is 4.22. The molecule has 0 bridgehead atoms. The third kappa shape index (κ3) is 4.48. The second-order valence-electron chi connectivity index (χ2n) is 5.98. The minimum Gasteiger partial charge on any atom is -0.496 e. The van der Waals surface area contributed by atoms with E-state index in [1.54, 1.807) is 19.4 Å². The lowest BCUT2D eigenvalue weighted by atomic mass is 10.1. The number of aromatic nitrogens is 1. The van der Waals surface area contributed by atoms with E-state index in [0.717, 1.165) is 12.1 Å². The molecule has 0 saturated heterocycles. The Morgan fingerprint density at radius 2 is 1.69 bits per heavy atom. The summed E-state index contributed by atoms with van der Waals surface area (Å²) in [5, 5.41) is 0. The Labute approximate surface area is 154 Å². The van der Waals surface area contributed by atoms with Crippen molar-refractivity contribution in [2.75, 3.05) is 13.7 Å². The van der Waals surface area contributed by atoms with E-state index in [9.17, 15) is 4.79 Å². The molecular weight excluding hydrogens is 324 g/mol. The third-order valence-corrected chi connectivity index (χ3v) is 4.22. The SMILES string of the molecule is COc1ccccc1C(=O)N(CCc1ccccc1)Cc1ccccn1. The molecule has 0 N–H and O–H groups in total. The molecule has 1 aromatic heterocycles. The average molecular weight is 346 g/mol. The average Bonchev–Trinajstić information content (AvgIpc) is 2.72. The number of methoxy groups -OCH3 is 1. The summed E-state index contributed by atoms with van der Waals surface area (Å²) >= 11 is 0. The lowest BCUT2D eigenvalue weighted by Gasteiger charge is -2.23. The molecule has 3 aromatic rings. The van der Waals surface area contributed by atoms with Crippen molar-refractivity contribution < 1.29 is 9.53 Å². The first-order valence-corrected chi connectivity index (χ1v) is 8.64. The molecule has 0 aliphatic carbocycles. The predicted octanol–water partition coefficient (Wildman–Crippen LogP) is 3.98. The number of ether oxygens (including phenoxy) is 1. The van der Waals surface area contributed by atoms with Gasteiger partial charge in [0.1, 0.15) is 5.75 Å². The normalized spacial score (nSPS) is 10.3. The number of hydrogen-bond acceptors (Lipinski definition) is 3. The smallest absolute Gasteiger partial charge is 0.257 e. The molecule has 26 heavy (non-hydrogen) atoms. The number of hydrogen-bond donors (Lipinski definition) is 0. The predicted molar refractivity (Wildman–Crippen MR) is 102 cm³/mol. The lowest BCUT2D eigenvalue weighted by Crippen LogP contribution is -2.33. The Hall–Kier alpha value is -3.14. The van der Waals surface area contributed by atoms with Crippen LogP contribution in [0.4, 0.5) is 0 Å². The lowest BCUT2D eigenvalue weighted by molar-refractivity contribution is 0.0739. The molecule has 0 saturated carbocycles. The van der Waals surface area contributed by atoms with Crippen LogP contribution in [0.15, 0.2) is 79.0 Å². The molecule has 0 fully saturated rings. The molecular formula is C22H22N2O2. The fourth-order valence-electron chi connectivity index (χ4n) is 2.84. The Morgan fingerprint density at radius 1 is 0.962 bits per heavy atom. The molecule has 3 rings (SSSR count). The van der Waals surface area contributed by atoms with E-state index in [4.69, 9.17) is 4.74 Å². The number of nitrogens with zero attached hydrogens (tertiary/aromatic N) is 2. The molecule has 0 unspecified atom stereocenters. The van der Waals surface area contributed by atoms with Gasteiger partial charge in [0.25, 0.3) is 5.91 Å². The standard InChI is InChI=1S/C22H22N2O2/c1-26-21-13-6-5-12-20(21)22(25)24(17-19-11-7-8-15-23-19)16-14-18-9-3-2-4-10-18/h2-13,15H,14,16-17H2,1H3. The summed E-state index contributed by atoms with van der Waals surface area (Å²) in [6.07, 6.45) is 2.53. The van der Waals surface area contributed by atoms with Crippen molar-refractivity contribution in [2.45, 2.75) is 13.0 Å². The van der Waals surface area contributed by atoms with Crippen LogP contribution in [-0.2, 0) is 13.0 Å². The Kier molecular flexibility index (Phi) is 5.99. The number of pyridine rings is 1. The van der Waals surface area contributed by atoms with E-state index in [1.807, 2.05) is 59.5 Å². The van der Waals surface area contributed by atoms with Crippen LogP contribution in [0, 0.1) is 0 Å². The summed E-state index contributed by atoms with van der Waals surface area (Å²) in [5.74, 6) is 0.535.